The van der Waals surface area contributed by atoms with E-state index in [4.69, 9.17) is 21.9 Å². The number of nitrogens with two attached hydrogens (primary N) is 1. The number of anilines is 1. The molecular formula is C15H9ClF2N2O. The molecule has 0 spiro atoms. The van der Waals surface area contributed by atoms with Crippen LogP contribution in [-0.2, 0) is 0 Å². The normalized spacial score (nSPS) is 10.8. The average molecular weight is 307 g/mol. The van der Waals surface area contributed by atoms with E-state index in [-0.39, 0.29) is 11.3 Å². The molecule has 0 bridgehead atoms. The van der Waals surface area contributed by atoms with E-state index in [1.54, 1.807) is 18.2 Å². The van der Waals surface area contributed by atoms with E-state index >= 15 is 0 Å². The summed E-state index contributed by atoms with van der Waals surface area (Å²) in [6, 6.07) is 9.68. The van der Waals surface area contributed by atoms with Crippen LogP contribution in [0.3, 0.4) is 0 Å². The maximum atomic E-state index is 13.7. The second kappa shape index (κ2) is 5.18. The Hall–Kier alpha value is -2.40. The predicted octanol–water partition coefficient (Wildman–Crippen LogP) is 4.52. The molecule has 106 valence electrons. The third-order valence-electron chi connectivity index (χ3n) is 3.00. The molecule has 0 saturated heterocycles. The molecule has 0 atom stereocenters. The molecule has 1 aromatic heterocycles. The van der Waals surface area contributed by atoms with Crippen LogP contribution in [0.15, 0.2) is 47.0 Å². The second-order valence-electron chi connectivity index (χ2n) is 4.43. The number of benzene rings is 2. The molecule has 0 aliphatic carbocycles. The van der Waals surface area contributed by atoms with Gasteiger partial charge in [0.05, 0.1) is 5.56 Å². The quantitative estimate of drug-likeness (QED) is 0.708. The number of rotatable bonds is 2. The molecule has 21 heavy (non-hydrogen) atoms. The molecule has 2 N–H and O–H groups in total. The predicted molar refractivity (Wildman–Crippen MR) is 76.7 cm³/mol. The first kappa shape index (κ1) is 13.6. The Kier molecular flexibility index (Phi) is 3.35. The summed E-state index contributed by atoms with van der Waals surface area (Å²) in [6.07, 6.45) is 0. The number of nitrogen functional groups attached to an aromatic ring is 1. The zero-order valence-corrected chi connectivity index (χ0v) is 11.4. The van der Waals surface area contributed by atoms with Gasteiger partial charge in [-0.05, 0) is 30.3 Å². The second-order valence-corrected chi connectivity index (χ2v) is 4.87. The molecule has 3 aromatic rings. The van der Waals surface area contributed by atoms with Gasteiger partial charge in [0.15, 0.2) is 5.76 Å². The molecule has 0 aliphatic heterocycles. The molecule has 3 nitrogen and oxygen atoms in total. The molecule has 0 saturated carbocycles. The van der Waals surface area contributed by atoms with E-state index in [0.29, 0.717) is 22.0 Å². The maximum absolute atomic E-state index is 13.7. The van der Waals surface area contributed by atoms with Crippen molar-refractivity contribution in [3.8, 4) is 22.6 Å². The minimum absolute atomic E-state index is 0.121. The van der Waals surface area contributed by atoms with Crippen LogP contribution >= 0.6 is 11.6 Å². The molecule has 3 rings (SSSR count). The van der Waals surface area contributed by atoms with E-state index in [1.165, 1.54) is 12.1 Å². The number of hydrogen-bond donors (Lipinski definition) is 1. The van der Waals surface area contributed by atoms with Crippen LogP contribution in [-0.4, -0.2) is 5.16 Å². The van der Waals surface area contributed by atoms with Crippen molar-refractivity contribution in [2.45, 2.75) is 0 Å². The highest BCUT2D eigenvalue weighted by atomic mass is 35.5. The lowest BCUT2D eigenvalue weighted by Crippen LogP contribution is -1.89. The molecule has 2 aromatic carbocycles. The van der Waals surface area contributed by atoms with E-state index in [2.05, 4.69) is 5.16 Å². The highest BCUT2D eigenvalue weighted by molar-refractivity contribution is 6.31. The van der Waals surface area contributed by atoms with Gasteiger partial charge in [-0.2, -0.15) is 0 Å². The summed E-state index contributed by atoms with van der Waals surface area (Å²) in [4.78, 5) is 0. The van der Waals surface area contributed by atoms with Crippen LogP contribution in [0.1, 0.15) is 0 Å². The Morgan fingerprint density at radius 2 is 1.81 bits per heavy atom. The van der Waals surface area contributed by atoms with Crippen LogP contribution in [0.5, 0.6) is 0 Å². The zero-order chi connectivity index (χ0) is 15.0. The van der Waals surface area contributed by atoms with Gasteiger partial charge in [0.1, 0.15) is 17.3 Å². The Balaban J connectivity index is 2.06. The first-order valence-electron chi connectivity index (χ1n) is 6.02. The fraction of sp³-hybridized carbons (Fsp3) is 0. The molecule has 0 unspecified atom stereocenters. The topological polar surface area (TPSA) is 52.0 Å². The summed E-state index contributed by atoms with van der Waals surface area (Å²) in [7, 11) is 0. The highest BCUT2D eigenvalue weighted by Crippen LogP contribution is 2.32. The lowest BCUT2D eigenvalue weighted by molar-refractivity contribution is 0.432. The van der Waals surface area contributed by atoms with Crippen LogP contribution in [0.4, 0.5) is 14.5 Å². The van der Waals surface area contributed by atoms with Crippen LogP contribution in [0.25, 0.3) is 22.6 Å². The summed E-state index contributed by atoms with van der Waals surface area (Å²) < 4.78 is 31.7. The van der Waals surface area contributed by atoms with Gasteiger partial charge in [0, 0.05) is 28.4 Å². The van der Waals surface area contributed by atoms with Crippen molar-refractivity contribution in [2.24, 2.45) is 0 Å². The summed E-state index contributed by atoms with van der Waals surface area (Å²) >= 11 is 5.92. The molecule has 0 amide bonds. The Labute approximate surface area is 123 Å². The minimum atomic E-state index is -0.725. The fourth-order valence-corrected chi connectivity index (χ4v) is 2.14. The van der Waals surface area contributed by atoms with Crippen molar-refractivity contribution < 1.29 is 13.3 Å². The smallest absolute Gasteiger partial charge is 0.170 e. The Morgan fingerprint density at radius 1 is 1.00 bits per heavy atom. The standard InChI is InChI=1S/C15H9ClF2N2O/c16-8-1-4-13(19)11(5-8)14-7-15(21-20-14)10-3-2-9(17)6-12(10)18/h1-7H,19H2. The first-order chi connectivity index (χ1) is 10.0. The number of nitrogens with zero attached hydrogens (tertiary/aromatic N) is 1. The first-order valence-corrected chi connectivity index (χ1v) is 6.40. The SMILES string of the molecule is Nc1ccc(Cl)cc1-c1cc(-c2ccc(F)cc2F)on1. The summed E-state index contributed by atoms with van der Waals surface area (Å²) in [5.41, 5.74) is 7.46. The monoisotopic (exact) mass is 306 g/mol. The lowest BCUT2D eigenvalue weighted by Gasteiger charge is -2.01. The van der Waals surface area contributed by atoms with Crippen molar-refractivity contribution in [2.75, 3.05) is 5.73 Å². The Bertz CT molecular complexity index is 817. The van der Waals surface area contributed by atoms with Crippen molar-refractivity contribution in [1.82, 2.24) is 5.16 Å². The van der Waals surface area contributed by atoms with Gasteiger partial charge < -0.3 is 10.3 Å². The van der Waals surface area contributed by atoms with E-state index in [0.717, 1.165) is 12.1 Å². The molecular weight excluding hydrogens is 298 g/mol. The van der Waals surface area contributed by atoms with Gasteiger partial charge in [-0.25, -0.2) is 8.78 Å². The number of hydrogen-bond acceptors (Lipinski definition) is 3. The molecule has 6 heteroatoms. The van der Waals surface area contributed by atoms with Crippen LogP contribution in [0, 0.1) is 11.6 Å². The minimum Gasteiger partial charge on any atom is -0.398 e. The third kappa shape index (κ3) is 2.60. The number of aromatic nitrogens is 1. The van der Waals surface area contributed by atoms with Gasteiger partial charge in [-0.3, -0.25) is 0 Å². The molecule has 1 heterocycles. The maximum Gasteiger partial charge on any atom is 0.170 e. The van der Waals surface area contributed by atoms with Gasteiger partial charge in [0.2, 0.25) is 0 Å². The van der Waals surface area contributed by atoms with Crippen molar-refractivity contribution in [3.63, 3.8) is 0 Å². The van der Waals surface area contributed by atoms with Gasteiger partial charge in [0.25, 0.3) is 0 Å². The largest absolute Gasteiger partial charge is 0.398 e. The molecule has 0 aliphatic rings. The number of halogens is 3. The lowest BCUT2D eigenvalue weighted by atomic mass is 10.1. The summed E-state index contributed by atoms with van der Waals surface area (Å²) in [6.45, 7) is 0. The fourth-order valence-electron chi connectivity index (χ4n) is 1.97. The van der Waals surface area contributed by atoms with Gasteiger partial charge >= 0.3 is 0 Å². The van der Waals surface area contributed by atoms with Crippen LogP contribution < -0.4 is 5.73 Å². The Morgan fingerprint density at radius 3 is 2.57 bits per heavy atom. The average Bonchev–Trinajstić information content (AvgIpc) is 2.91. The van der Waals surface area contributed by atoms with E-state index in [1.807, 2.05) is 0 Å². The van der Waals surface area contributed by atoms with Crippen molar-refractivity contribution >= 4 is 17.3 Å². The van der Waals surface area contributed by atoms with Crippen molar-refractivity contribution in [3.05, 3.63) is 59.1 Å². The summed E-state index contributed by atoms with van der Waals surface area (Å²) in [5, 5.41) is 4.35. The van der Waals surface area contributed by atoms with Gasteiger partial charge in [-0.15, -0.1) is 0 Å². The molecule has 0 radical (unpaired) electrons. The zero-order valence-electron chi connectivity index (χ0n) is 10.6. The van der Waals surface area contributed by atoms with Crippen LogP contribution in [0.2, 0.25) is 5.02 Å². The highest BCUT2D eigenvalue weighted by Gasteiger charge is 2.14. The molecule has 0 fully saturated rings. The summed E-state index contributed by atoms with van der Waals surface area (Å²) in [5.74, 6) is -1.20. The van der Waals surface area contributed by atoms with Gasteiger partial charge in [-0.1, -0.05) is 16.8 Å². The van der Waals surface area contributed by atoms with E-state index < -0.39 is 11.6 Å². The third-order valence-corrected chi connectivity index (χ3v) is 3.23. The van der Waals surface area contributed by atoms with E-state index in [9.17, 15) is 8.78 Å². The van der Waals surface area contributed by atoms with Crippen molar-refractivity contribution in [1.29, 1.82) is 0 Å².